The molecule has 8 heteroatoms. The maximum absolute atomic E-state index is 12.1. The Bertz CT molecular complexity index is 611. The van der Waals surface area contributed by atoms with E-state index in [9.17, 15) is 13.2 Å². The van der Waals surface area contributed by atoms with Crippen molar-refractivity contribution < 1.29 is 13.2 Å². The summed E-state index contributed by atoms with van der Waals surface area (Å²) in [5, 5.41) is 6.07. The van der Waals surface area contributed by atoms with E-state index in [1.807, 2.05) is 0 Å². The third kappa shape index (κ3) is 5.76. The predicted octanol–water partition coefficient (Wildman–Crippen LogP) is 1.73. The van der Waals surface area contributed by atoms with Crippen molar-refractivity contribution >= 4 is 34.0 Å². The molecule has 1 amide bonds. The minimum Gasteiger partial charge on any atom is -0.326 e. The van der Waals surface area contributed by atoms with E-state index in [-0.39, 0.29) is 35.2 Å². The summed E-state index contributed by atoms with van der Waals surface area (Å²) in [5.74, 6) is 0.0182. The number of carbonyl (C=O) groups is 1. The number of anilines is 1. The predicted molar refractivity (Wildman–Crippen MR) is 93.4 cm³/mol. The van der Waals surface area contributed by atoms with Crippen LogP contribution in [0.15, 0.2) is 29.2 Å². The molecule has 130 valence electrons. The summed E-state index contributed by atoms with van der Waals surface area (Å²) in [6, 6.07) is 6.08. The molecule has 0 aromatic heterocycles. The fourth-order valence-corrected chi connectivity index (χ4v) is 3.68. The molecule has 0 unspecified atom stereocenters. The molecule has 1 aliphatic rings. The maximum atomic E-state index is 12.1. The van der Waals surface area contributed by atoms with Crippen LogP contribution in [-0.2, 0) is 14.8 Å². The maximum Gasteiger partial charge on any atom is 0.240 e. The van der Waals surface area contributed by atoms with Crippen LogP contribution in [0.3, 0.4) is 0 Å². The number of rotatable bonds is 5. The van der Waals surface area contributed by atoms with Gasteiger partial charge in [0.2, 0.25) is 15.9 Å². The van der Waals surface area contributed by atoms with Crippen molar-refractivity contribution in [2.45, 2.75) is 37.6 Å². The molecule has 0 radical (unpaired) electrons. The Labute approximate surface area is 143 Å². The Morgan fingerprint density at radius 3 is 2.26 bits per heavy atom. The first-order valence-electron chi connectivity index (χ1n) is 7.52. The Balaban J connectivity index is 0.00000264. The summed E-state index contributed by atoms with van der Waals surface area (Å²) >= 11 is 0. The summed E-state index contributed by atoms with van der Waals surface area (Å²) in [7, 11) is -3.50. The molecule has 1 heterocycles. The van der Waals surface area contributed by atoms with Crippen LogP contribution in [0.25, 0.3) is 0 Å². The van der Waals surface area contributed by atoms with Crippen molar-refractivity contribution in [3.63, 3.8) is 0 Å². The van der Waals surface area contributed by atoms with Gasteiger partial charge in [0.05, 0.1) is 4.90 Å². The number of nitrogens with one attached hydrogen (secondary N) is 3. The summed E-state index contributed by atoms with van der Waals surface area (Å²) in [5.41, 5.74) is 0.618. The largest absolute Gasteiger partial charge is 0.326 e. The Hall–Kier alpha value is -1.15. The lowest BCUT2D eigenvalue weighted by Gasteiger charge is -2.21. The van der Waals surface area contributed by atoms with Gasteiger partial charge in [-0.1, -0.05) is 0 Å². The zero-order valence-corrected chi connectivity index (χ0v) is 15.0. The van der Waals surface area contributed by atoms with Gasteiger partial charge < -0.3 is 10.6 Å². The van der Waals surface area contributed by atoms with Gasteiger partial charge in [-0.25, -0.2) is 13.1 Å². The van der Waals surface area contributed by atoms with Gasteiger partial charge in [-0.2, -0.15) is 0 Å². The lowest BCUT2D eigenvalue weighted by atomic mass is 9.97. The molecule has 23 heavy (non-hydrogen) atoms. The number of hydrogen-bond donors (Lipinski definition) is 3. The number of sulfonamides is 1. The van der Waals surface area contributed by atoms with E-state index in [1.54, 1.807) is 26.0 Å². The second kappa shape index (κ2) is 8.63. The fraction of sp³-hybridized carbons (Fsp3) is 0.533. The third-order valence-electron chi connectivity index (χ3n) is 3.53. The summed E-state index contributed by atoms with van der Waals surface area (Å²) in [4.78, 5) is 12.3. The van der Waals surface area contributed by atoms with E-state index in [4.69, 9.17) is 0 Å². The molecular weight excluding hydrogens is 338 g/mol. The van der Waals surface area contributed by atoms with Crippen LogP contribution in [0, 0.1) is 5.92 Å². The standard InChI is InChI=1S/C15H23N3O3S.ClH/c1-11(2)18-22(20,21)14-5-3-13(4-6-14)17-15(19)12-7-9-16-10-8-12;/h3-6,11-12,16,18H,7-10H2,1-2H3,(H,17,19);1H. The number of hydrogen-bond acceptors (Lipinski definition) is 4. The van der Waals surface area contributed by atoms with E-state index in [1.165, 1.54) is 12.1 Å². The van der Waals surface area contributed by atoms with E-state index < -0.39 is 10.0 Å². The molecule has 0 bridgehead atoms. The highest BCUT2D eigenvalue weighted by Gasteiger charge is 2.21. The van der Waals surface area contributed by atoms with Gasteiger partial charge in [-0.3, -0.25) is 4.79 Å². The van der Waals surface area contributed by atoms with Crippen LogP contribution in [0.5, 0.6) is 0 Å². The molecule has 1 aromatic carbocycles. The highest BCUT2D eigenvalue weighted by atomic mass is 35.5. The van der Waals surface area contributed by atoms with E-state index in [0.29, 0.717) is 5.69 Å². The quantitative estimate of drug-likeness (QED) is 0.745. The minimum atomic E-state index is -3.50. The molecule has 1 saturated heterocycles. The van der Waals surface area contributed by atoms with Crippen molar-refractivity contribution in [2.75, 3.05) is 18.4 Å². The second-order valence-electron chi connectivity index (χ2n) is 5.81. The van der Waals surface area contributed by atoms with E-state index in [2.05, 4.69) is 15.4 Å². The summed E-state index contributed by atoms with van der Waals surface area (Å²) < 4.78 is 26.6. The van der Waals surface area contributed by atoms with Gasteiger partial charge in [0, 0.05) is 17.6 Å². The molecule has 3 N–H and O–H groups in total. The van der Waals surface area contributed by atoms with E-state index in [0.717, 1.165) is 25.9 Å². The second-order valence-corrected chi connectivity index (χ2v) is 7.53. The first kappa shape index (κ1) is 19.9. The number of benzene rings is 1. The normalized spacial score (nSPS) is 16.0. The first-order valence-corrected chi connectivity index (χ1v) is 9.01. The van der Waals surface area contributed by atoms with Gasteiger partial charge in [0.15, 0.2) is 0 Å². The van der Waals surface area contributed by atoms with Crippen LogP contribution in [0.1, 0.15) is 26.7 Å². The Kier molecular flexibility index (Phi) is 7.47. The Morgan fingerprint density at radius 2 is 1.74 bits per heavy atom. The third-order valence-corrected chi connectivity index (χ3v) is 5.21. The zero-order valence-electron chi connectivity index (χ0n) is 13.3. The lowest BCUT2D eigenvalue weighted by molar-refractivity contribution is -0.120. The molecule has 6 nitrogen and oxygen atoms in total. The monoisotopic (exact) mass is 361 g/mol. The van der Waals surface area contributed by atoms with Crippen LogP contribution in [-0.4, -0.2) is 33.5 Å². The molecule has 0 aliphatic carbocycles. The average Bonchev–Trinajstić information content (AvgIpc) is 2.47. The first-order chi connectivity index (χ1) is 10.4. The van der Waals surface area contributed by atoms with Gasteiger partial charge in [-0.15, -0.1) is 12.4 Å². The average molecular weight is 362 g/mol. The summed E-state index contributed by atoms with van der Waals surface area (Å²) in [6.07, 6.45) is 1.66. The van der Waals surface area contributed by atoms with Crippen molar-refractivity contribution in [3.8, 4) is 0 Å². The molecule has 0 saturated carbocycles. The van der Waals surface area contributed by atoms with Gasteiger partial charge >= 0.3 is 0 Å². The van der Waals surface area contributed by atoms with Crippen molar-refractivity contribution in [1.29, 1.82) is 0 Å². The smallest absolute Gasteiger partial charge is 0.240 e. The molecule has 1 aromatic rings. The topological polar surface area (TPSA) is 87.3 Å². The summed E-state index contributed by atoms with van der Waals surface area (Å²) in [6.45, 7) is 5.25. The fourth-order valence-electron chi connectivity index (χ4n) is 2.42. The van der Waals surface area contributed by atoms with Crippen LogP contribution >= 0.6 is 12.4 Å². The van der Waals surface area contributed by atoms with Crippen molar-refractivity contribution in [2.24, 2.45) is 5.92 Å². The highest BCUT2D eigenvalue weighted by Crippen LogP contribution is 2.18. The van der Waals surface area contributed by atoms with Gasteiger partial charge in [0.25, 0.3) is 0 Å². The van der Waals surface area contributed by atoms with Crippen LogP contribution in [0.2, 0.25) is 0 Å². The Morgan fingerprint density at radius 1 is 1.17 bits per heavy atom. The van der Waals surface area contributed by atoms with Crippen molar-refractivity contribution in [3.05, 3.63) is 24.3 Å². The molecule has 1 aliphatic heterocycles. The lowest BCUT2D eigenvalue weighted by Crippen LogP contribution is -2.34. The molecule has 1 fully saturated rings. The molecule has 2 rings (SSSR count). The number of piperidine rings is 1. The molecule has 0 spiro atoms. The van der Waals surface area contributed by atoms with Crippen molar-refractivity contribution in [1.82, 2.24) is 10.0 Å². The van der Waals surface area contributed by atoms with Gasteiger partial charge in [0.1, 0.15) is 0 Å². The highest BCUT2D eigenvalue weighted by molar-refractivity contribution is 7.89. The number of halogens is 1. The molecule has 0 atom stereocenters. The zero-order chi connectivity index (χ0) is 16.2. The van der Waals surface area contributed by atoms with Crippen LogP contribution < -0.4 is 15.4 Å². The number of amides is 1. The minimum absolute atomic E-state index is 0. The van der Waals surface area contributed by atoms with E-state index >= 15 is 0 Å². The SMILES string of the molecule is CC(C)NS(=O)(=O)c1ccc(NC(=O)C2CCNCC2)cc1.Cl. The van der Waals surface area contributed by atoms with Crippen LogP contribution in [0.4, 0.5) is 5.69 Å². The van der Waals surface area contributed by atoms with Gasteiger partial charge in [-0.05, 0) is 64.0 Å². The molecular formula is C15H24ClN3O3S. The number of carbonyl (C=O) groups excluding carboxylic acids is 1.